The lowest BCUT2D eigenvalue weighted by atomic mass is 10.2. The van der Waals surface area contributed by atoms with Gasteiger partial charge in [-0.25, -0.2) is 9.97 Å². The van der Waals surface area contributed by atoms with E-state index in [4.69, 9.17) is 5.73 Å². The van der Waals surface area contributed by atoms with E-state index in [-0.39, 0.29) is 12.5 Å². The molecular formula is C11H17N5O. The molecule has 1 amide bonds. The zero-order valence-corrected chi connectivity index (χ0v) is 9.86. The molecule has 0 unspecified atom stereocenters. The molecule has 4 N–H and O–H groups in total. The summed E-state index contributed by atoms with van der Waals surface area (Å²) in [6.45, 7) is 2.20. The molecule has 0 aromatic carbocycles. The van der Waals surface area contributed by atoms with E-state index in [1.807, 2.05) is 6.92 Å². The van der Waals surface area contributed by atoms with Crippen LogP contribution >= 0.6 is 0 Å². The Kier molecular flexibility index (Phi) is 3.41. The van der Waals surface area contributed by atoms with E-state index < -0.39 is 0 Å². The molecule has 0 atom stereocenters. The van der Waals surface area contributed by atoms with Gasteiger partial charge in [0.2, 0.25) is 5.91 Å². The average molecular weight is 235 g/mol. The van der Waals surface area contributed by atoms with Crippen LogP contribution in [-0.4, -0.2) is 28.5 Å². The van der Waals surface area contributed by atoms with E-state index >= 15 is 0 Å². The second kappa shape index (κ2) is 4.99. The quantitative estimate of drug-likeness (QED) is 0.683. The van der Waals surface area contributed by atoms with Crippen molar-refractivity contribution in [2.45, 2.75) is 32.2 Å². The minimum atomic E-state index is -0.00765. The highest BCUT2D eigenvalue weighted by molar-refractivity contribution is 5.81. The maximum absolute atomic E-state index is 11.5. The second-order valence-electron chi connectivity index (χ2n) is 4.13. The Morgan fingerprint density at radius 3 is 2.94 bits per heavy atom. The molecule has 0 aliphatic heterocycles. The Bertz CT molecular complexity index is 416. The number of amides is 1. The van der Waals surface area contributed by atoms with E-state index in [1.165, 1.54) is 6.33 Å². The number of carbonyl (C=O) groups is 1. The fraction of sp³-hybridized carbons (Fsp3) is 0.545. The van der Waals surface area contributed by atoms with Crippen molar-refractivity contribution in [3.63, 3.8) is 0 Å². The zero-order chi connectivity index (χ0) is 12.3. The third-order valence-corrected chi connectivity index (χ3v) is 2.69. The number of carbonyl (C=O) groups excluding carboxylic acids is 1. The van der Waals surface area contributed by atoms with Crippen molar-refractivity contribution in [2.75, 3.05) is 17.6 Å². The summed E-state index contributed by atoms with van der Waals surface area (Å²) >= 11 is 0. The van der Waals surface area contributed by atoms with Gasteiger partial charge in [0.15, 0.2) is 0 Å². The van der Waals surface area contributed by atoms with Crippen LogP contribution in [0.4, 0.5) is 11.6 Å². The lowest BCUT2D eigenvalue weighted by molar-refractivity contribution is -0.119. The van der Waals surface area contributed by atoms with E-state index in [2.05, 4.69) is 20.6 Å². The SMILES string of the molecule is CCc1c(N)ncnc1NCC(=O)NC1CC1. The van der Waals surface area contributed by atoms with Gasteiger partial charge < -0.3 is 16.4 Å². The molecule has 0 spiro atoms. The maximum Gasteiger partial charge on any atom is 0.239 e. The van der Waals surface area contributed by atoms with Crippen LogP contribution in [0.25, 0.3) is 0 Å². The Morgan fingerprint density at radius 2 is 2.29 bits per heavy atom. The summed E-state index contributed by atoms with van der Waals surface area (Å²) in [5.74, 6) is 1.10. The second-order valence-corrected chi connectivity index (χ2v) is 4.13. The minimum Gasteiger partial charge on any atom is -0.383 e. The van der Waals surface area contributed by atoms with Crippen LogP contribution in [-0.2, 0) is 11.2 Å². The minimum absolute atomic E-state index is 0.00765. The molecule has 1 fully saturated rings. The number of rotatable bonds is 5. The third-order valence-electron chi connectivity index (χ3n) is 2.69. The van der Waals surface area contributed by atoms with Crippen molar-refractivity contribution in [3.8, 4) is 0 Å². The molecule has 0 bridgehead atoms. The van der Waals surface area contributed by atoms with Crippen LogP contribution in [0.15, 0.2) is 6.33 Å². The van der Waals surface area contributed by atoms with Crippen molar-refractivity contribution >= 4 is 17.5 Å². The van der Waals surface area contributed by atoms with E-state index in [0.29, 0.717) is 17.7 Å². The number of hydrogen-bond donors (Lipinski definition) is 3. The number of aromatic nitrogens is 2. The van der Waals surface area contributed by atoms with Gasteiger partial charge in [-0.3, -0.25) is 4.79 Å². The summed E-state index contributed by atoms with van der Waals surface area (Å²) in [4.78, 5) is 19.5. The number of nitrogen functional groups attached to an aromatic ring is 1. The number of anilines is 2. The first-order valence-corrected chi connectivity index (χ1v) is 5.83. The Balaban J connectivity index is 1.93. The molecule has 0 saturated heterocycles. The number of hydrogen-bond acceptors (Lipinski definition) is 5. The van der Waals surface area contributed by atoms with Crippen LogP contribution in [0.5, 0.6) is 0 Å². The lowest BCUT2D eigenvalue weighted by Crippen LogP contribution is -2.31. The van der Waals surface area contributed by atoms with Gasteiger partial charge in [0, 0.05) is 11.6 Å². The van der Waals surface area contributed by atoms with Crippen molar-refractivity contribution in [3.05, 3.63) is 11.9 Å². The maximum atomic E-state index is 11.5. The standard InChI is InChI=1S/C11H17N5O/c1-2-8-10(12)14-6-15-11(8)13-5-9(17)16-7-3-4-7/h6-7H,2-5H2,1H3,(H,16,17)(H3,12,13,14,15). The lowest BCUT2D eigenvalue weighted by Gasteiger charge is -2.10. The molecule has 1 aromatic heterocycles. The highest BCUT2D eigenvalue weighted by Gasteiger charge is 2.23. The molecule has 1 aliphatic rings. The van der Waals surface area contributed by atoms with Gasteiger partial charge in [0.25, 0.3) is 0 Å². The van der Waals surface area contributed by atoms with Gasteiger partial charge in [0.1, 0.15) is 18.0 Å². The summed E-state index contributed by atoms with van der Waals surface area (Å²) in [7, 11) is 0. The molecule has 6 heteroatoms. The number of nitrogens with zero attached hydrogens (tertiary/aromatic N) is 2. The van der Waals surface area contributed by atoms with Gasteiger partial charge in [-0.05, 0) is 19.3 Å². The Hall–Kier alpha value is -1.85. The molecule has 2 rings (SSSR count). The van der Waals surface area contributed by atoms with Gasteiger partial charge >= 0.3 is 0 Å². The topological polar surface area (TPSA) is 92.9 Å². The molecule has 1 aromatic rings. The van der Waals surface area contributed by atoms with Crippen molar-refractivity contribution in [2.24, 2.45) is 0 Å². The molecule has 0 radical (unpaired) electrons. The first-order valence-electron chi connectivity index (χ1n) is 5.83. The summed E-state index contributed by atoms with van der Waals surface area (Å²) in [6.07, 6.45) is 4.31. The average Bonchev–Trinajstić information content (AvgIpc) is 3.10. The van der Waals surface area contributed by atoms with E-state index in [9.17, 15) is 4.79 Å². The van der Waals surface area contributed by atoms with Gasteiger partial charge in [-0.1, -0.05) is 6.92 Å². The van der Waals surface area contributed by atoms with Crippen molar-refractivity contribution in [1.82, 2.24) is 15.3 Å². The summed E-state index contributed by atoms with van der Waals surface area (Å²) in [5.41, 5.74) is 6.59. The summed E-state index contributed by atoms with van der Waals surface area (Å²) < 4.78 is 0. The van der Waals surface area contributed by atoms with Crippen LogP contribution in [0.3, 0.4) is 0 Å². The van der Waals surface area contributed by atoms with Crippen LogP contribution < -0.4 is 16.4 Å². The third kappa shape index (κ3) is 3.05. The largest absolute Gasteiger partial charge is 0.383 e. The molecular weight excluding hydrogens is 218 g/mol. The Labute approximate surface area is 100 Å². The van der Waals surface area contributed by atoms with Crippen LogP contribution in [0.2, 0.25) is 0 Å². The first kappa shape index (κ1) is 11.6. The summed E-state index contributed by atoms with van der Waals surface area (Å²) in [5, 5.41) is 5.89. The predicted molar refractivity (Wildman–Crippen MR) is 65.5 cm³/mol. The molecule has 1 aliphatic carbocycles. The molecule has 6 nitrogen and oxygen atoms in total. The highest BCUT2D eigenvalue weighted by atomic mass is 16.2. The molecule has 17 heavy (non-hydrogen) atoms. The highest BCUT2D eigenvalue weighted by Crippen LogP contribution is 2.19. The number of nitrogens with two attached hydrogens (primary N) is 1. The van der Waals surface area contributed by atoms with Crippen LogP contribution in [0, 0.1) is 0 Å². The van der Waals surface area contributed by atoms with Crippen molar-refractivity contribution in [1.29, 1.82) is 0 Å². The normalized spacial score (nSPS) is 14.4. The van der Waals surface area contributed by atoms with Crippen LogP contribution in [0.1, 0.15) is 25.3 Å². The number of nitrogens with one attached hydrogen (secondary N) is 2. The van der Waals surface area contributed by atoms with Gasteiger partial charge in [-0.2, -0.15) is 0 Å². The van der Waals surface area contributed by atoms with E-state index in [1.54, 1.807) is 0 Å². The van der Waals surface area contributed by atoms with Gasteiger partial charge in [0.05, 0.1) is 6.54 Å². The van der Waals surface area contributed by atoms with E-state index in [0.717, 1.165) is 24.8 Å². The smallest absolute Gasteiger partial charge is 0.239 e. The van der Waals surface area contributed by atoms with Gasteiger partial charge in [-0.15, -0.1) is 0 Å². The fourth-order valence-electron chi connectivity index (χ4n) is 1.60. The fourth-order valence-corrected chi connectivity index (χ4v) is 1.60. The summed E-state index contributed by atoms with van der Waals surface area (Å²) in [6, 6.07) is 0.380. The molecule has 92 valence electrons. The molecule has 1 saturated carbocycles. The first-order chi connectivity index (χ1) is 8.20. The predicted octanol–water partition coefficient (Wildman–Crippen LogP) is 0.312. The Morgan fingerprint density at radius 1 is 1.53 bits per heavy atom. The van der Waals surface area contributed by atoms with Crippen molar-refractivity contribution < 1.29 is 4.79 Å². The zero-order valence-electron chi connectivity index (χ0n) is 9.86. The monoisotopic (exact) mass is 235 g/mol. The molecule has 1 heterocycles.